The molecule has 0 aromatic carbocycles. The summed E-state index contributed by atoms with van der Waals surface area (Å²) in [6.45, 7) is 15.0. The van der Waals surface area contributed by atoms with Crippen LogP contribution in [0.3, 0.4) is 0 Å². The van der Waals surface area contributed by atoms with Crippen LogP contribution >= 0.6 is 0 Å². The highest BCUT2D eigenvalue weighted by molar-refractivity contribution is 5.11. The quantitative estimate of drug-likeness (QED) is 0.499. The molecule has 0 saturated heterocycles. The standard InChI is InChI=1S/C28H50O/c1-18(2)8-7-9-19(3)22-13-14-24-21-11-12-23-20(4)10-15-26(29)28(23,6)25(21)16-17-27(22,24)5/h18-26,29H,7-17H2,1-6H3/t19-,20-,21+,22-,23+,24+,25+,26-,27-,28+/m1/s1. The molecule has 4 aliphatic carbocycles. The van der Waals surface area contributed by atoms with Crippen molar-refractivity contribution in [2.75, 3.05) is 0 Å². The monoisotopic (exact) mass is 402 g/mol. The molecule has 4 aliphatic rings. The van der Waals surface area contributed by atoms with Crippen LogP contribution in [0.2, 0.25) is 0 Å². The van der Waals surface area contributed by atoms with Crippen molar-refractivity contribution in [2.45, 2.75) is 118 Å². The summed E-state index contributed by atoms with van der Waals surface area (Å²) in [5.41, 5.74) is 0.774. The molecule has 0 spiro atoms. The zero-order valence-corrected chi connectivity index (χ0v) is 20.4. The van der Waals surface area contributed by atoms with Crippen LogP contribution in [0.5, 0.6) is 0 Å². The van der Waals surface area contributed by atoms with Crippen molar-refractivity contribution in [1.82, 2.24) is 0 Å². The normalized spacial score (nSPS) is 50.7. The van der Waals surface area contributed by atoms with Crippen molar-refractivity contribution in [3.8, 4) is 0 Å². The summed E-state index contributed by atoms with van der Waals surface area (Å²) in [5, 5.41) is 11.2. The molecule has 4 fully saturated rings. The number of hydrogen-bond donors (Lipinski definition) is 1. The minimum Gasteiger partial charge on any atom is -0.393 e. The maximum Gasteiger partial charge on any atom is 0.0599 e. The summed E-state index contributed by atoms with van der Waals surface area (Å²) in [6, 6.07) is 0. The highest BCUT2D eigenvalue weighted by atomic mass is 16.3. The third-order valence-electron chi connectivity index (χ3n) is 11.3. The molecule has 29 heavy (non-hydrogen) atoms. The lowest BCUT2D eigenvalue weighted by atomic mass is 9.42. The van der Waals surface area contributed by atoms with E-state index in [1.807, 2.05) is 0 Å². The van der Waals surface area contributed by atoms with E-state index in [9.17, 15) is 5.11 Å². The Morgan fingerprint density at radius 2 is 1.55 bits per heavy atom. The van der Waals surface area contributed by atoms with Crippen LogP contribution in [-0.4, -0.2) is 11.2 Å². The van der Waals surface area contributed by atoms with Crippen LogP contribution in [0.15, 0.2) is 0 Å². The topological polar surface area (TPSA) is 20.2 Å². The molecule has 0 radical (unpaired) electrons. The van der Waals surface area contributed by atoms with Gasteiger partial charge >= 0.3 is 0 Å². The maximum atomic E-state index is 11.2. The van der Waals surface area contributed by atoms with Crippen molar-refractivity contribution < 1.29 is 5.11 Å². The average Bonchev–Trinajstić information content (AvgIpc) is 3.02. The Balaban J connectivity index is 1.50. The van der Waals surface area contributed by atoms with Crippen LogP contribution < -0.4 is 0 Å². The fourth-order valence-electron chi connectivity index (χ4n) is 9.77. The van der Waals surface area contributed by atoms with Gasteiger partial charge in [-0.1, -0.05) is 60.8 Å². The largest absolute Gasteiger partial charge is 0.393 e. The van der Waals surface area contributed by atoms with Gasteiger partial charge < -0.3 is 5.11 Å². The second kappa shape index (κ2) is 8.14. The summed E-state index contributed by atoms with van der Waals surface area (Å²) < 4.78 is 0. The van der Waals surface area contributed by atoms with Crippen molar-refractivity contribution in [3.05, 3.63) is 0 Å². The smallest absolute Gasteiger partial charge is 0.0599 e. The predicted molar refractivity (Wildman–Crippen MR) is 124 cm³/mol. The second-order valence-corrected chi connectivity index (χ2v) is 13.0. The van der Waals surface area contributed by atoms with Gasteiger partial charge in [-0.25, -0.2) is 0 Å². The number of rotatable bonds is 5. The molecule has 0 aromatic rings. The van der Waals surface area contributed by atoms with Crippen LogP contribution in [-0.2, 0) is 0 Å². The van der Waals surface area contributed by atoms with Gasteiger partial charge in [-0.15, -0.1) is 0 Å². The molecule has 0 heterocycles. The van der Waals surface area contributed by atoms with Gasteiger partial charge in [0.15, 0.2) is 0 Å². The Hall–Kier alpha value is -0.0400. The number of aliphatic hydroxyl groups excluding tert-OH is 1. The van der Waals surface area contributed by atoms with E-state index in [-0.39, 0.29) is 11.5 Å². The number of fused-ring (bicyclic) bond motifs is 5. The van der Waals surface area contributed by atoms with Gasteiger partial charge in [0.2, 0.25) is 0 Å². The van der Waals surface area contributed by atoms with Crippen molar-refractivity contribution >= 4 is 0 Å². The van der Waals surface area contributed by atoms with Gasteiger partial charge in [-0.3, -0.25) is 0 Å². The first-order valence-electron chi connectivity index (χ1n) is 13.4. The average molecular weight is 403 g/mol. The molecule has 0 aliphatic heterocycles. The summed E-state index contributed by atoms with van der Waals surface area (Å²) in [4.78, 5) is 0. The van der Waals surface area contributed by atoms with Crippen molar-refractivity contribution in [3.63, 3.8) is 0 Å². The molecule has 4 rings (SSSR count). The van der Waals surface area contributed by atoms with Gasteiger partial charge in [-0.2, -0.15) is 0 Å². The molecule has 1 heteroatoms. The van der Waals surface area contributed by atoms with E-state index in [4.69, 9.17) is 0 Å². The lowest BCUT2D eigenvalue weighted by molar-refractivity contribution is -0.177. The summed E-state index contributed by atoms with van der Waals surface area (Å²) in [7, 11) is 0. The third kappa shape index (κ3) is 3.54. The molecule has 168 valence electrons. The highest BCUT2D eigenvalue weighted by Crippen LogP contribution is 2.68. The Labute approximate surface area is 181 Å². The predicted octanol–water partition coefficient (Wildman–Crippen LogP) is 7.71. The SMILES string of the molecule is CC(C)CCC[C@@H](C)[C@H]1CC[C@H]2[C@@H]3CC[C@H]4[C@H](C)CC[C@@H](O)[C@]4(C)[C@H]3CC[C@]12C. The Kier molecular flexibility index (Phi) is 6.22. The molecule has 0 aromatic heterocycles. The van der Waals surface area contributed by atoms with Crippen LogP contribution in [0.4, 0.5) is 0 Å². The lowest BCUT2D eigenvalue weighted by Gasteiger charge is -2.63. The van der Waals surface area contributed by atoms with Crippen molar-refractivity contribution in [1.29, 1.82) is 0 Å². The van der Waals surface area contributed by atoms with E-state index in [2.05, 4.69) is 41.5 Å². The van der Waals surface area contributed by atoms with Crippen molar-refractivity contribution in [2.24, 2.45) is 58.2 Å². The zero-order chi connectivity index (χ0) is 21.0. The van der Waals surface area contributed by atoms with E-state index in [0.717, 1.165) is 53.8 Å². The van der Waals surface area contributed by atoms with E-state index < -0.39 is 0 Å². The molecule has 1 nitrogen and oxygen atoms in total. The Bertz CT molecular complexity index is 569. The van der Waals surface area contributed by atoms with Gasteiger partial charge in [0.05, 0.1) is 6.10 Å². The van der Waals surface area contributed by atoms with Crippen LogP contribution in [0, 0.1) is 58.2 Å². The minimum atomic E-state index is -0.0481. The number of hydrogen-bond acceptors (Lipinski definition) is 1. The fourth-order valence-corrected chi connectivity index (χ4v) is 9.77. The van der Waals surface area contributed by atoms with E-state index in [1.54, 1.807) is 0 Å². The summed E-state index contributed by atoms with van der Waals surface area (Å²) >= 11 is 0. The Morgan fingerprint density at radius 3 is 2.28 bits per heavy atom. The van der Waals surface area contributed by atoms with E-state index in [0.29, 0.717) is 5.41 Å². The first kappa shape index (κ1) is 22.2. The van der Waals surface area contributed by atoms with E-state index >= 15 is 0 Å². The van der Waals surface area contributed by atoms with Gasteiger partial charge in [0.25, 0.3) is 0 Å². The molecular formula is C28H50O. The van der Waals surface area contributed by atoms with E-state index in [1.165, 1.54) is 64.2 Å². The minimum absolute atomic E-state index is 0.0481. The molecule has 10 atom stereocenters. The first-order chi connectivity index (χ1) is 13.7. The maximum absolute atomic E-state index is 11.2. The molecule has 0 amide bonds. The summed E-state index contributed by atoms with van der Waals surface area (Å²) in [5.74, 6) is 6.88. The van der Waals surface area contributed by atoms with Crippen LogP contribution in [0.25, 0.3) is 0 Å². The molecular weight excluding hydrogens is 352 g/mol. The highest BCUT2D eigenvalue weighted by Gasteiger charge is 2.62. The molecule has 1 N–H and O–H groups in total. The van der Waals surface area contributed by atoms with Gasteiger partial charge in [0, 0.05) is 0 Å². The van der Waals surface area contributed by atoms with Gasteiger partial charge in [0.1, 0.15) is 0 Å². The first-order valence-corrected chi connectivity index (χ1v) is 13.4. The number of aliphatic hydroxyl groups is 1. The van der Waals surface area contributed by atoms with Crippen LogP contribution in [0.1, 0.15) is 112 Å². The van der Waals surface area contributed by atoms with Gasteiger partial charge in [-0.05, 0) is 110 Å². The zero-order valence-electron chi connectivity index (χ0n) is 20.4. The fraction of sp³-hybridized carbons (Fsp3) is 1.00. The lowest BCUT2D eigenvalue weighted by Crippen LogP contribution is -2.59. The Morgan fingerprint density at radius 1 is 0.828 bits per heavy atom. The molecule has 4 saturated carbocycles. The molecule has 0 bridgehead atoms. The molecule has 0 unspecified atom stereocenters. The summed E-state index contributed by atoms with van der Waals surface area (Å²) in [6.07, 6.45) is 15.1. The second-order valence-electron chi connectivity index (χ2n) is 13.0. The third-order valence-corrected chi connectivity index (χ3v) is 11.3.